The van der Waals surface area contributed by atoms with Gasteiger partial charge in [-0.05, 0) is 41.9 Å². The van der Waals surface area contributed by atoms with E-state index in [-0.39, 0.29) is 24.1 Å². The van der Waals surface area contributed by atoms with Gasteiger partial charge in [0.25, 0.3) is 11.7 Å². The number of fused-ring (bicyclic) bond motifs is 1. The van der Waals surface area contributed by atoms with E-state index in [0.717, 1.165) is 16.9 Å². The standard InChI is InChI=1S/C22H24BrN7O4/c1-3-29-15-6-5-13(21(32)26-14-7-8-34-22(14)33)9-16(15)30(4-2)18(29)11-28(12-31)20-19(24)25-10-17(23)27-20/h5-6,9-10,12,14H,3-4,7-8,11H2,1-2H3,(H2-,24,25,26,32)/p+1/t14-/m0/s1. The van der Waals surface area contributed by atoms with Crippen molar-refractivity contribution in [3.63, 3.8) is 0 Å². The van der Waals surface area contributed by atoms with Crippen molar-refractivity contribution in [3.05, 3.63) is 40.4 Å². The number of nitrogens with zero attached hydrogens (tertiary/aromatic N) is 5. The van der Waals surface area contributed by atoms with Crippen molar-refractivity contribution in [2.45, 2.75) is 45.9 Å². The average molecular weight is 531 g/mol. The van der Waals surface area contributed by atoms with Crippen LogP contribution in [-0.4, -0.2) is 45.5 Å². The number of hydrogen-bond acceptors (Lipinski definition) is 7. The first-order valence-electron chi connectivity index (χ1n) is 10.9. The third-order valence-electron chi connectivity index (χ3n) is 5.78. The van der Waals surface area contributed by atoms with Gasteiger partial charge < -0.3 is 15.8 Å². The molecule has 1 fully saturated rings. The Balaban J connectivity index is 1.73. The summed E-state index contributed by atoms with van der Waals surface area (Å²) in [6.45, 7) is 5.75. The summed E-state index contributed by atoms with van der Waals surface area (Å²) < 4.78 is 9.51. The van der Waals surface area contributed by atoms with Gasteiger partial charge >= 0.3 is 5.97 Å². The number of ether oxygens (including phenoxy) is 1. The van der Waals surface area contributed by atoms with Crippen LogP contribution in [0, 0.1) is 0 Å². The number of halogens is 1. The molecule has 11 nitrogen and oxygen atoms in total. The fraction of sp³-hybridized carbons (Fsp3) is 0.364. The summed E-state index contributed by atoms with van der Waals surface area (Å²) >= 11 is 3.27. The first-order valence-corrected chi connectivity index (χ1v) is 11.7. The lowest BCUT2D eigenvalue weighted by Crippen LogP contribution is -2.40. The minimum atomic E-state index is -0.629. The van der Waals surface area contributed by atoms with Crippen molar-refractivity contribution in [2.24, 2.45) is 0 Å². The largest absolute Gasteiger partial charge is 0.464 e. The Bertz CT molecular complexity index is 1280. The normalized spacial score (nSPS) is 15.4. The molecule has 178 valence electrons. The number of esters is 1. The van der Waals surface area contributed by atoms with E-state index in [1.165, 1.54) is 11.1 Å². The molecule has 3 heterocycles. The van der Waals surface area contributed by atoms with Crippen molar-refractivity contribution >= 4 is 56.9 Å². The van der Waals surface area contributed by atoms with Gasteiger partial charge in [0.1, 0.15) is 17.2 Å². The number of benzene rings is 1. The number of nitrogens with one attached hydrogen (secondary N) is 1. The van der Waals surface area contributed by atoms with Gasteiger partial charge in [0, 0.05) is 18.1 Å². The molecule has 1 aliphatic rings. The molecule has 1 aromatic carbocycles. The number of rotatable bonds is 8. The lowest BCUT2D eigenvalue weighted by Gasteiger charge is -2.16. The number of cyclic esters (lactones) is 1. The van der Waals surface area contributed by atoms with Crippen LogP contribution in [0.1, 0.15) is 36.5 Å². The predicted molar refractivity (Wildman–Crippen MR) is 127 cm³/mol. The number of nitrogen functional groups attached to an aromatic ring is 1. The van der Waals surface area contributed by atoms with Gasteiger partial charge in [-0.25, -0.2) is 23.9 Å². The molecule has 2 aromatic heterocycles. The lowest BCUT2D eigenvalue weighted by molar-refractivity contribution is -0.676. The Morgan fingerprint density at radius 1 is 1.44 bits per heavy atom. The number of aryl methyl sites for hydroxylation is 2. The second-order valence-corrected chi connectivity index (χ2v) is 8.54. The highest BCUT2D eigenvalue weighted by molar-refractivity contribution is 9.10. The van der Waals surface area contributed by atoms with E-state index in [1.54, 1.807) is 12.1 Å². The van der Waals surface area contributed by atoms with Crippen molar-refractivity contribution in [3.8, 4) is 0 Å². The van der Waals surface area contributed by atoms with E-state index in [2.05, 4.69) is 35.8 Å². The van der Waals surface area contributed by atoms with E-state index >= 15 is 0 Å². The third-order valence-corrected chi connectivity index (χ3v) is 6.16. The molecule has 34 heavy (non-hydrogen) atoms. The average Bonchev–Trinajstić information content (AvgIpc) is 3.37. The monoisotopic (exact) mass is 530 g/mol. The smallest absolute Gasteiger partial charge is 0.328 e. The number of hydrogen-bond donors (Lipinski definition) is 2. The van der Waals surface area contributed by atoms with Crippen LogP contribution in [0.15, 0.2) is 29.0 Å². The molecule has 3 aromatic rings. The molecule has 1 aliphatic heterocycles. The molecule has 0 saturated carbocycles. The maximum Gasteiger partial charge on any atom is 0.328 e. The summed E-state index contributed by atoms with van der Waals surface area (Å²) in [5.74, 6) is 0.475. The first kappa shape index (κ1) is 23.6. The Morgan fingerprint density at radius 2 is 2.24 bits per heavy atom. The van der Waals surface area contributed by atoms with E-state index in [1.807, 2.05) is 24.5 Å². The summed E-state index contributed by atoms with van der Waals surface area (Å²) in [4.78, 5) is 46.3. The SMILES string of the molecule is CCn1c(CN(C=O)c2nc(Br)cnc2N)[n+](CC)c2ccc(C(=O)N[C@H]3CCOC3=O)cc21. The first-order chi connectivity index (χ1) is 16.4. The quantitative estimate of drug-likeness (QED) is 0.254. The fourth-order valence-corrected chi connectivity index (χ4v) is 4.44. The topological polar surface area (TPSA) is 136 Å². The highest BCUT2D eigenvalue weighted by Gasteiger charge is 2.30. The maximum atomic E-state index is 12.8. The number of nitrogens with two attached hydrogens (primary N) is 1. The van der Waals surface area contributed by atoms with Crippen LogP contribution in [0.4, 0.5) is 11.6 Å². The molecule has 0 aliphatic carbocycles. The molecule has 1 atom stereocenters. The molecule has 0 radical (unpaired) electrons. The zero-order valence-corrected chi connectivity index (χ0v) is 20.4. The van der Waals surface area contributed by atoms with E-state index in [9.17, 15) is 14.4 Å². The van der Waals surface area contributed by atoms with Crippen LogP contribution >= 0.6 is 15.9 Å². The summed E-state index contributed by atoms with van der Waals surface area (Å²) in [5.41, 5.74) is 8.16. The van der Waals surface area contributed by atoms with E-state index in [4.69, 9.17) is 10.5 Å². The van der Waals surface area contributed by atoms with Gasteiger partial charge in [-0.2, -0.15) is 0 Å². The zero-order chi connectivity index (χ0) is 24.4. The van der Waals surface area contributed by atoms with Gasteiger partial charge in [0.05, 0.1) is 25.9 Å². The summed E-state index contributed by atoms with van der Waals surface area (Å²) in [7, 11) is 0. The molecule has 4 rings (SSSR count). The van der Waals surface area contributed by atoms with Crippen LogP contribution in [-0.2, 0) is 34.0 Å². The summed E-state index contributed by atoms with van der Waals surface area (Å²) in [6.07, 6.45) is 2.60. The van der Waals surface area contributed by atoms with Gasteiger partial charge in [0.2, 0.25) is 6.41 Å². The number of imidazole rings is 1. The van der Waals surface area contributed by atoms with E-state index in [0.29, 0.717) is 42.7 Å². The summed E-state index contributed by atoms with van der Waals surface area (Å²) in [5, 5.41) is 2.74. The maximum absolute atomic E-state index is 12.8. The van der Waals surface area contributed by atoms with Crippen molar-refractivity contribution in [2.75, 3.05) is 17.2 Å². The van der Waals surface area contributed by atoms with Crippen LogP contribution < -0.4 is 20.5 Å². The number of amides is 2. The molecule has 2 amide bonds. The molecule has 0 bridgehead atoms. The van der Waals surface area contributed by atoms with Crippen LogP contribution in [0.3, 0.4) is 0 Å². The summed E-state index contributed by atoms with van der Waals surface area (Å²) in [6, 6.07) is 4.76. The third kappa shape index (κ3) is 4.32. The predicted octanol–water partition coefficient (Wildman–Crippen LogP) is 1.31. The molecular formula is C22H25BrN7O4+. The van der Waals surface area contributed by atoms with E-state index < -0.39 is 12.0 Å². The molecule has 0 unspecified atom stereocenters. The van der Waals surface area contributed by atoms with Crippen LogP contribution in [0.25, 0.3) is 11.0 Å². The molecule has 12 heteroatoms. The molecule has 0 spiro atoms. The minimum Gasteiger partial charge on any atom is -0.464 e. The number of carbonyl (C=O) groups excluding carboxylic acids is 3. The van der Waals surface area contributed by atoms with Crippen LogP contribution in [0.2, 0.25) is 0 Å². The minimum absolute atomic E-state index is 0.141. The van der Waals surface area contributed by atoms with Gasteiger partial charge in [0.15, 0.2) is 22.7 Å². The van der Waals surface area contributed by atoms with Gasteiger partial charge in [-0.3, -0.25) is 14.5 Å². The second-order valence-electron chi connectivity index (χ2n) is 7.73. The Morgan fingerprint density at radius 3 is 2.88 bits per heavy atom. The number of aromatic nitrogens is 4. The number of anilines is 2. The molecule has 3 N–H and O–H groups in total. The number of carbonyl (C=O) groups is 3. The van der Waals surface area contributed by atoms with Gasteiger partial charge in [-0.15, -0.1) is 0 Å². The van der Waals surface area contributed by atoms with Crippen molar-refractivity contribution in [1.82, 2.24) is 19.9 Å². The lowest BCUT2D eigenvalue weighted by atomic mass is 10.1. The molecule has 1 saturated heterocycles. The van der Waals surface area contributed by atoms with Crippen molar-refractivity contribution in [1.29, 1.82) is 0 Å². The Hall–Kier alpha value is -3.54. The second kappa shape index (κ2) is 9.75. The Labute approximate surface area is 204 Å². The zero-order valence-electron chi connectivity index (χ0n) is 18.8. The highest BCUT2D eigenvalue weighted by atomic mass is 79.9. The highest BCUT2D eigenvalue weighted by Crippen LogP contribution is 2.23. The fourth-order valence-electron chi connectivity index (χ4n) is 4.17. The molecular weight excluding hydrogens is 506 g/mol. The van der Waals surface area contributed by atoms with Crippen LogP contribution in [0.5, 0.6) is 0 Å². The van der Waals surface area contributed by atoms with Crippen molar-refractivity contribution < 1.29 is 23.7 Å². The Kier molecular flexibility index (Phi) is 6.77. The van der Waals surface area contributed by atoms with Gasteiger partial charge in [-0.1, -0.05) is 0 Å².